The Bertz CT molecular complexity index is 880. The van der Waals surface area contributed by atoms with E-state index < -0.39 is 5.82 Å². The number of anilines is 1. The summed E-state index contributed by atoms with van der Waals surface area (Å²) in [5, 5.41) is 4.79. The number of halogens is 3. The first-order chi connectivity index (χ1) is 10.6. The fourth-order valence-electron chi connectivity index (χ4n) is 2.24. The molecule has 0 fully saturated rings. The number of benzene rings is 3. The summed E-state index contributed by atoms with van der Waals surface area (Å²) in [6.07, 6.45) is 0. The molecule has 0 spiro atoms. The van der Waals surface area contributed by atoms with E-state index in [9.17, 15) is 9.18 Å². The molecule has 3 aromatic rings. The molecule has 0 unspecified atom stereocenters. The van der Waals surface area contributed by atoms with Gasteiger partial charge >= 0.3 is 0 Å². The zero-order valence-corrected chi connectivity index (χ0v) is 12.8. The van der Waals surface area contributed by atoms with Crippen LogP contribution in [0.5, 0.6) is 0 Å². The van der Waals surface area contributed by atoms with Crippen LogP contribution in [0.25, 0.3) is 10.8 Å². The standard InChI is InChI=1S/C17H10Cl2FNO/c18-14-6-2-3-11-12(14)4-1-5-13(11)17(22)21-10-7-8-16(20)15(19)9-10/h1-9H,(H,21,22). The average Bonchev–Trinajstić information content (AvgIpc) is 2.51. The van der Waals surface area contributed by atoms with E-state index in [2.05, 4.69) is 5.32 Å². The van der Waals surface area contributed by atoms with E-state index in [0.717, 1.165) is 10.8 Å². The largest absolute Gasteiger partial charge is 0.322 e. The van der Waals surface area contributed by atoms with E-state index in [-0.39, 0.29) is 10.9 Å². The molecule has 1 N–H and O–H groups in total. The van der Waals surface area contributed by atoms with Gasteiger partial charge in [0.25, 0.3) is 5.91 Å². The SMILES string of the molecule is O=C(Nc1ccc(F)c(Cl)c1)c1cccc2c(Cl)cccc12. The van der Waals surface area contributed by atoms with Gasteiger partial charge in [0.2, 0.25) is 0 Å². The monoisotopic (exact) mass is 333 g/mol. The van der Waals surface area contributed by atoms with Gasteiger partial charge < -0.3 is 5.32 Å². The highest BCUT2D eigenvalue weighted by Gasteiger charge is 2.12. The lowest BCUT2D eigenvalue weighted by atomic mass is 10.0. The maximum Gasteiger partial charge on any atom is 0.256 e. The van der Waals surface area contributed by atoms with E-state index in [4.69, 9.17) is 23.2 Å². The maximum absolute atomic E-state index is 13.2. The van der Waals surface area contributed by atoms with Gasteiger partial charge in [-0.05, 0) is 35.7 Å². The van der Waals surface area contributed by atoms with Crippen molar-refractivity contribution in [3.63, 3.8) is 0 Å². The summed E-state index contributed by atoms with van der Waals surface area (Å²) in [6.45, 7) is 0. The number of carbonyl (C=O) groups excluding carboxylic acids is 1. The molecular weight excluding hydrogens is 324 g/mol. The van der Waals surface area contributed by atoms with Gasteiger partial charge in [-0.15, -0.1) is 0 Å². The summed E-state index contributed by atoms with van der Waals surface area (Å²) in [4.78, 5) is 12.4. The second-order valence-electron chi connectivity index (χ2n) is 4.72. The topological polar surface area (TPSA) is 29.1 Å². The first kappa shape index (κ1) is 14.8. The molecule has 0 radical (unpaired) electrons. The molecule has 3 rings (SSSR count). The highest BCUT2D eigenvalue weighted by molar-refractivity contribution is 6.36. The number of hydrogen-bond acceptors (Lipinski definition) is 1. The molecule has 22 heavy (non-hydrogen) atoms. The Morgan fingerprint density at radius 1 is 0.909 bits per heavy atom. The Labute approximate surface area is 136 Å². The van der Waals surface area contributed by atoms with Crippen LogP contribution in [0.3, 0.4) is 0 Å². The minimum absolute atomic E-state index is 0.0428. The molecule has 0 aliphatic heterocycles. The van der Waals surface area contributed by atoms with E-state index >= 15 is 0 Å². The first-order valence-corrected chi connectivity index (χ1v) is 7.25. The average molecular weight is 334 g/mol. The molecule has 0 aliphatic carbocycles. The Morgan fingerprint density at radius 3 is 2.41 bits per heavy atom. The molecule has 5 heteroatoms. The Balaban J connectivity index is 1.99. The van der Waals surface area contributed by atoms with Gasteiger partial charge in [0.1, 0.15) is 5.82 Å². The van der Waals surface area contributed by atoms with Crippen molar-refractivity contribution in [1.82, 2.24) is 0 Å². The van der Waals surface area contributed by atoms with Crippen molar-refractivity contribution in [3.8, 4) is 0 Å². The third-order valence-electron chi connectivity index (χ3n) is 3.29. The smallest absolute Gasteiger partial charge is 0.256 e. The summed E-state index contributed by atoms with van der Waals surface area (Å²) in [7, 11) is 0. The lowest BCUT2D eigenvalue weighted by Crippen LogP contribution is -2.12. The third-order valence-corrected chi connectivity index (χ3v) is 3.91. The minimum atomic E-state index is -0.531. The van der Waals surface area contributed by atoms with Crippen molar-refractivity contribution < 1.29 is 9.18 Å². The van der Waals surface area contributed by atoms with Crippen LogP contribution in [0, 0.1) is 5.82 Å². The zero-order valence-electron chi connectivity index (χ0n) is 11.2. The Kier molecular flexibility index (Phi) is 4.01. The summed E-state index contributed by atoms with van der Waals surface area (Å²) < 4.78 is 13.2. The molecule has 0 aliphatic rings. The van der Waals surface area contributed by atoms with Gasteiger partial charge in [-0.3, -0.25) is 4.79 Å². The van der Waals surface area contributed by atoms with Crippen LogP contribution in [0.1, 0.15) is 10.4 Å². The highest BCUT2D eigenvalue weighted by Crippen LogP contribution is 2.27. The Morgan fingerprint density at radius 2 is 1.64 bits per heavy atom. The predicted molar refractivity (Wildman–Crippen MR) is 88.3 cm³/mol. The summed E-state index contributed by atoms with van der Waals surface area (Å²) in [6, 6.07) is 14.7. The van der Waals surface area contributed by atoms with E-state index in [1.807, 2.05) is 12.1 Å². The predicted octanol–water partition coefficient (Wildman–Crippen LogP) is 5.54. The number of rotatable bonds is 2. The molecule has 1 amide bonds. The normalized spacial score (nSPS) is 10.7. The van der Waals surface area contributed by atoms with Crippen molar-refractivity contribution in [2.75, 3.05) is 5.32 Å². The fourth-order valence-corrected chi connectivity index (χ4v) is 2.66. The third kappa shape index (κ3) is 2.78. The number of hydrogen-bond donors (Lipinski definition) is 1. The zero-order chi connectivity index (χ0) is 15.7. The van der Waals surface area contributed by atoms with Crippen molar-refractivity contribution in [2.45, 2.75) is 0 Å². The number of amides is 1. The molecule has 3 aromatic carbocycles. The van der Waals surface area contributed by atoms with Gasteiger partial charge in [-0.2, -0.15) is 0 Å². The molecular formula is C17H10Cl2FNO. The lowest BCUT2D eigenvalue weighted by Gasteiger charge is -2.09. The quantitative estimate of drug-likeness (QED) is 0.655. The fraction of sp³-hybridized carbons (Fsp3) is 0. The van der Waals surface area contributed by atoms with Gasteiger partial charge in [-0.25, -0.2) is 4.39 Å². The Hall–Kier alpha value is -2.10. The van der Waals surface area contributed by atoms with E-state index in [1.165, 1.54) is 18.2 Å². The molecule has 0 atom stereocenters. The summed E-state index contributed by atoms with van der Waals surface area (Å²) >= 11 is 11.9. The first-order valence-electron chi connectivity index (χ1n) is 6.50. The lowest BCUT2D eigenvalue weighted by molar-refractivity contribution is 0.102. The van der Waals surface area contributed by atoms with Crippen LogP contribution in [0.4, 0.5) is 10.1 Å². The van der Waals surface area contributed by atoms with Crippen LogP contribution in [-0.2, 0) is 0 Å². The minimum Gasteiger partial charge on any atom is -0.322 e. The van der Waals surface area contributed by atoms with Gasteiger partial charge in [0.05, 0.1) is 5.02 Å². The van der Waals surface area contributed by atoms with Crippen molar-refractivity contribution >= 4 is 45.6 Å². The molecule has 0 saturated heterocycles. The van der Waals surface area contributed by atoms with Crippen LogP contribution >= 0.6 is 23.2 Å². The van der Waals surface area contributed by atoms with Crippen LogP contribution in [0.2, 0.25) is 10.0 Å². The molecule has 0 heterocycles. The molecule has 2 nitrogen and oxygen atoms in total. The van der Waals surface area contributed by atoms with Crippen molar-refractivity contribution in [3.05, 3.63) is 76.0 Å². The van der Waals surface area contributed by atoms with Gasteiger partial charge in [0.15, 0.2) is 0 Å². The molecule has 0 saturated carbocycles. The molecule has 0 aromatic heterocycles. The second kappa shape index (κ2) is 5.95. The number of nitrogens with one attached hydrogen (secondary N) is 1. The van der Waals surface area contributed by atoms with E-state index in [1.54, 1.807) is 24.3 Å². The highest BCUT2D eigenvalue weighted by atomic mass is 35.5. The van der Waals surface area contributed by atoms with Gasteiger partial charge in [0, 0.05) is 21.7 Å². The maximum atomic E-state index is 13.2. The van der Waals surface area contributed by atoms with E-state index in [0.29, 0.717) is 16.3 Å². The summed E-state index contributed by atoms with van der Waals surface area (Å²) in [5.74, 6) is -0.841. The van der Waals surface area contributed by atoms with Gasteiger partial charge in [-0.1, -0.05) is 47.5 Å². The molecule has 110 valence electrons. The van der Waals surface area contributed by atoms with Crippen LogP contribution < -0.4 is 5.32 Å². The van der Waals surface area contributed by atoms with Crippen LogP contribution in [0.15, 0.2) is 54.6 Å². The number of carbonyl (C=O) groups is 1. The summed E-state index contributed by atoms with van der Waals surface area (Å²) in [5.41, 5.74) is 0.913. The van der Waals surface area contributed by atoms with Crippen molar-refractivity contribution in [1.29, 1.82) is 0 Å². The van der Waals surface area contributed by atoms with Crippen molar-refractivity contribution in [2.24, 2.45) is 0 Å². The molecule has 0 bridgehead atoms. The second-order valence-corrected chi connectivity index (χ2v) is 5.54. The van der Waals surface area contributed by atoms with Crippen LogP contribution in [-0.4, -0.2) is 5.91 Å². The number of fused-ring (bicyclic) bond motifs is 1.